The number of amides is 1. The molecule has 6 heteroatoms. The smallest absolute Gasteiger partial charge is 0.219 e. The quantitative estimate of drug-likeness (QED) is 0.908. The number of nitrogens with one attached hydrogen (secondary N) is 1. The Balaban J connectivity index is 1.51. The van der Waals surface area contributed by atoms with Gasteiger partial charge in [-0.25, -0.2) is 9.97 Å². The number of nitrogens with zero attached hydrogens (tertiary/aromatic N) is 3. The molecular formula is C19H26N4OS. The van der Waals surface area contributed by atoms with E-state index in [-0.39, 0.29) is 5.91 Å². The van der Waals surface area contributed by atoms with Gasteiger partial charge in [0.05, 0.1) is 5.39 Å². The summed E-state index contributed by atoms with van der Waals surface area (Å²) in [6.07, 6.45) is 8.00. The number of carbonyl (C=O) groups is 1. The van der Waals surface area contributed by atoms with Crippen LogP contribution in [0.25, 0.3) is 10.2 Å². The molecule has 2 fully saturated rings. The van der Waals surface area contributed by atoms with Gasteiger partial charge in [0.25, 0.3) is 0 Å². The molecule has 5 nitrogen and oxygen atoms in total. The van der Waals surface area contributed by atoms with Gasteiger partial charge < -0.3 is 10.2 Å². The number of piperidine rings is 1. The van der Waals surface area contributed by atoms with Crippen molar-refractivity contribution in [3.63, 3.8) is 0 Å². The van der Waals surface area contributed by atoms with E-state index in [1.807, 2.05) is 6.92 Å². The number of hydrogen-bond donors (Lipinski definition) is 1. The van der Waals surface area contributed by atoms with E-state index in [4.69, 9.17) is 0 Å². The van der Waals surface area contributed by atoms with E-state index >= 15 is 0 Å². The maximum atomic E-state index is 11.6. The Kier molecular flexibility index (Phi) is 4.40. The van der Waals surface area contributed by atoms with Gasteiger partial charge in [0.1, 0.15) is 17.0 Å². The lowest BCUT2D eigenvalue weighted by atomic mass is 9.61. The minimum absolute atomic E-state index is 0.176. The lowest BCUT2D eigenvalue weighted by Crippen LogP contribution is -2.57. The first kappa shape index (κ1) is 16.8. The molecular weight excluding hydrogens is 332 g/mol. The molecule has 1 saturated heterocycles. The molecule has 0 aromatic carbocycles. The first-order chi connectivity index (χ1) is 12.1. The van der Waals surface area contributed by atoms with Crippen LogP contribution < -0.4 is 10.2 Å². The third kappa shape index (κ3) is 3.12. The van der Waals surface area contributed by atoms with Crippen molar-refractivity contribution in [1.82, 2.24) is 15.3 Å². The summed E-state index contributed by atoms with van der Waals surface area (Å²) in [7, 11) is 0. The number of thiophene rings is 1. The van der Waals surface area contributed by atoms with Gasteiger partial charge in [0.2, 0.25) is 5.91 Å². The number of anilines is 1. The lowest BCUT2D eigenvalue weighted by molar-refractivity contribution is -0.123. The Morgan fingerprint density at radius 3 is 3.00 bits per heavy atom. The van der Waals surface area contributed by atoms with Gasteiger partial charge in [0.15, 0.2) is 0 Å². The van der Waals surface area contributed by atoms with Crippen LogP contribution in [-0.4, -0.2) is 35.0 Å². The van der Waals surface area contributed by atoms with Crippen molar-refractivity contribution < 1.29 is 4.79 Å². The molecule has 0 bridgehead atoms. The molecule has 1 aliphatic heterocycles. The molecule has 1 aliphatic carbocycles. The highest BCUT2D eigenvalue weighted by Crippen LogP contribution is 2.48. The Morgan fingerprint density at radius 1 is 1.40 bits per heavy atom. The highest BCUT2D eigenvalue weighted by atomic mass is 32.1. The second-order valence-corrected chi connectivity index (χ2v) is 8.65. The second kappa shape index (κ2) is 6.56. The van der Waals surface area contributed by atoms with E-state index in [9.17, 15) is 4.79 Å². The van der Waals surface area contributed by atoms with Gasteiger partial charge in [-0.15, -0.1) is 11.3 Å². The van der Waals surface area contributed by atoms with Gasteiger partial charge in [-0.05, 0) is 43.6 Å². The molecule has 3 heterocycles. The predicted octanol–water partition coefficient (Wildman–Crippen LogP) is 3.53. The molecule has 25 heavy (non-hydrogen) atoms. The molecule has 1 spiro atoms. The fourth-order valence-corrected chi connectivity index (χ4v) is 5.39. The number of rotatable bonds is 4. The van der Waals surface area contributed by atoms with Gasteiger partial charge in [-0.1, -0.05) is 13.8 Å². The Bertz CT molecular complexity index is 781. The average molecular weight is 359 g/mol. The van der Waals surface area contributed by atoms with Crippen molar-refractivity contribution >= 4 is 33.3 Å². The standard InChI is InChI=1S/C19H26N4OS/c1-3-14-8-15-17(20-12-21-18(15)25-14)23-7-5-6-19(11-23)9-13(10-19)22-16(24)4-2/h8,12-13H,3-7,9-11H2,1-2H3,(H,22,24). The first-order valence-electron chi connectivity index (χ1n) is 9.40. The molecule has 134 valence electrons. The van der Waals surface area contributed by atoms with E-state index in [1.165, 1.54) is 23.1 Å². The van der Waals surface area contributed by atoms with Crippen molar-refractivity contribution in [3.8, 4) is 0 Å². The van der Waals surface area contributed by atoms with Crippen LogP contribution in [0.4, 0.5) is 5.82 Å². The number of aromatic nitrogens is 2. The van der Waals surface area contributed by atoms with Crippen LogP contribution in [0.3, 0.4) is 0 Å². The molecule has 0 radical (unpaired) electrons. The highest BCUT2D eigenvalue weighted by molar-refractivity contribution is 7.18. The Labute approximate surface area is 152 Å². The van der Waals surface area contributed by atoms with Crippen molar-refractivity contribution in [2.45, 2.75) is 58.4 Å². The lowest BCUT2D eigenvalue weighted by Gasteiger charge is -2.53. The summed E-state index contributed by atoms with van der Waals surface area (Å²) in [6.45, 7) is 6.22. The summed E-state index contributed by atoms with van der Waals surface area (Å²) in [5, 5.41) is 4.36. The zero-order valence-electron chi connectivity index (χ0n) is 15.0. The minimum atomic E-state index is 0.176. The second-order valence-electron chi connectivity index (χ2n) is 7.53. The summed E-state index contributed by atoms with van der Waals surface area (Å²) in [5.41, 5.74) is 0.352. The van der Waals surface area contributed by atoms with Crippen LogP contribution in [0.1, 0.15) is 50.8 Å². The Morgan fingerprint density at radius 2 is 2.24 bits per heavy atom. The number of carbonyl (C=O) groups excluding carboxylic acids is 1. The van der Waals surface area contributed by atoms with Crippen molar-refractivity contribution in [2.24, 2.45) is 5.41 Å². The monoisotopic (exact) mass is 358 g/mol. The maximum Gasteiger partial charge on any atom is 0.219 e. The van der Waals surface area contributed by atoms with E-state index < -0.39 is 0 Å². The van der Waals surface area contributed by atoms with Gasteiger partial charge in [0, 0.05) is 30.4 Å². The summed E-state index contributed by atoms with van der Waals surface area (Å²) in [5.74, 6) is 1.27. The van der Waals surface area contributed by atoms with Crippen LogP contribution in [-0.2, 0) is 11.2 Å². The highest BCUT2D eigenvalue weighted by Gasteiger charge is 2.47. The largest absolute Gasteiger partial charge is 0.355 e. The van der Waals surface area contributed by atoms with Crippen LogP contribution in [0.5, 0.6) is 0 Å². The number of hydrogen-bond acceptors (Lipinski definition) is 5. The molecule has 0 atom stereocenters. The predicted molar refractivity (Wildman–Crippen MR) is 102 cm³/mol. The van der Waals surface area contributed by atoms with E-state index in [0.717, 1.165) is 43.0 Å². The first-order valence-corrected chi connectivity index (χ1v) is 10.2. The number of aryl methyl sites for hydroxylation is 1. The molecule has 4 rings (SSSR count). The molecule has 2 aromatic rings. The van der Waals surface area contributed by atoms with Crippen LogP contribution in [0.15, 0.2) is 12.4 Å². The van der Waals surface area contributed by atoms with Crippen molar-refractivity contribution in [3.05, 3.63) is 17.3 Å². The van der Waals surface area contributed by atoms with Gasteiger partial charge in [-0.2, -0.15) is 0 Å². The molecule has 0 unspecified atom stereocenters. The molecule has 1 saturated carbocycles. The fraction of sp³-hybridized carbons (Fsp3) is 0.632. The summed E-state index contributed by atoms with van der Waals surface area (Å²) >= 11 is 1.78. The Hall–Kier alpha value is -1.69. The average Bonchev–Trinajstić information content (AvgIpc) is 3.03. The molecule has 2 aliphatic rings. The minimum Gasteiger partial charge on any atom is -0.355 e. The zero-order chi connectivity index (χ0) is 17.4. The summed E-state index contributed by atoms with van der Waals surface area (Å²) in [4.78, 5) is 25.6. The van der Waals surface area contributed by atoms with E-state index in [2.05, 4.69) is 33.2 Å². The van der Waals surface area contributed by atoms with Crippen LogP contribution in [0, 0.1) is 5.41 Å². The molecule has 2 aromatic heterocycles. The van der Waals surface area contributed by atoms with Gasteiger partial charge in [-0.3, -0.25) is 4.79 Å². The number of fused-ring (bicyclic) bond motifs is 1. The third-order valence-electron chi connectivity index (χ3n) is 5.71. The third-order valence-corrected chi connectivity index (χ3v) is 6.90. The van der Waals surface area contributed by atoms with E-state index in [1.54, 1.807) is 17.7 Å². The van der Waals surface area contributed by atoms with Gasteiger partial charge >= 0.3 is 0 Å². The van der Waals surface area contributed by atoms with Crippen molar-refractivity contribution in [2.75, 3.05) is 18.0 Å². The summed E-state index contributed by atoms with van der Waals surface area (Å²) in [6, 6.07) is 2.63. The fourth-order valence-electron chi connectivity index (χ4n) is 4.46. The van der Waals surface area contributed by atoms with Crippen molar-refractivity contribution in [1.29, 1.82) is 0 Å². The SMILES string of the molecule is CCC(=O)NC1CC2(CCCN(c3ncnc4sc(CC)cc34)C2)C1. The summed E-state index contributed by atoms with van der Waals surface area (Å²) < 4.78 is 0. The zero-order valence-corrected chi connectivity index (χ0v) is 15.9. The van der Waals surface area contributed by atoms with Crippen LogP contribution >= 0.6 is 11.3 Å². The normalized spacial score (nSPS) is 26.0. The van der Waals surface area contributed by atoms with E-state index in [0.29, 0.717) is 17.9 Å². The molecule has 1 amide bonds. The van der Waals surface area contributed by atoms with Crippen LogP contribution in [0.2, 0.25) is 0 Å². The maximum absolute atomic E-state index is 11.6. The topological polar surface area (TPSA) is 58.1 Å². The molecule has 1 N–H and O–H groups in total.